The Balaban J connectivity index is 1.35. The molecule has 2 atom stereocenters. The number of para-hydroxylation sites is 3. The average molecular weight is 445 g/mol. The highest BCUT2D eigenvalue weighted by molar-refractivity contribution is 6.10. The number of H-pyrrole nitrogens is 1. The van der Waals surface area contributed by atoms with Crippen LogP contribution in [-0.2, 0) is 20.8 Å². The van der Waals surface area contributed by atoms with Gasteiger partial charge in [-0.05, 0) is 30.7 Å². The third-order valence-corrected chi connectivity index (χ3v) is 6.13. The molecular formula is C24H23N5O4. The normalized spacial score (nSPS) is 20.5. The Hall–Kier alpha value is -4.14. The molecule has 2 aliphatic heterocycles. The lowest BCUT2D eigenvalue weighted by Gasteiger charge is -2.29. The number of hydrogen-bond donors (Lipinski definition) is 3. The van der Waals surface area contributed by atoms with Crippen molar-refractivity contribution >= 4 is 46.0 Å². The molecule has 9 heteroatoms. The Labute approximate surface area is 189 Å². The number of nitrogens with one attached hydrogen (secondary N) is 3. The summed E-state index contributed by atoms with van der Waals surface area (Å²) in [6, 6.07) is 13.0. The Kier molecular flexibility index (Phi) is 5.08. The number of amides is 5. The molecule has 0 spiro atoms. The van der Waals surface area contributed by atoms with Gasteiger partial charge in [-0.1, -0.05) is 30.3 Å². The molecule has 0 bridgehead atoms. The molecule has 2 aliphatic rings. The zero-order valence-electron chi connectivity index (χ0n) is 18.0. The molecule has 0 saturated carbocycles. The van der Waals surface area contributed by atoms with E-state index in [-0.39, 0.29) is 12.3 Å². The van der Waals surface area contributed by atoms with Gasteiger partial charge in [-0.25, -0.2) is 4.79 Å². The summed E-state index contributed by atoms with van der Waals surface area (Å²) in [4.78, 5) is 56.7. The summed E-state index contributed by atoms with van der Waals surface area (Å²) in [7, 11) is 0. The number of hydrogen-bond acceptors (Lipinski definition) is 4. The highest BCUT2D eigenvalue weighted by Crippen LogP contribution is 2.31. The predicted octanol–water partition coefficient (Wildman–Crippen LogP) is 2.39. The number of carbonyl (C=O) groups excluding carboxylic acids is 4. The van der Waals surface area contributed by atoms with Crippen LogP contribution in [0.4, 0.5) is 16.2 Å². The standard InChI is InChI=1S/C24H23N5O4/c1-14-10-21(30)26-18-8-4-5-9-20(18)29(14)22(31)13-28-23(32)19(27-24(28)33)11-15-12-25-17-7-3-2-6-16(15)17/h2-9,12,14,19,25H,10-11,13H2,1H3,(H,26,30)(H,27,33)/t14-,19-/m0/s1. The highest BCUT2D eigenvalue weighted by atomic mass is 16.2. The van der Waals surface area contributed by atoms with Crippen molar-refractivity contribution in [2.45, 2.75) is 31.8 Å². The van der Waals surface area contributed by atoms with Gasteiger partial charge in [0, 0.05) is 36.0 Å². The molecule has 168 valence electrons. The fourth-order valence-corrected chi connectivity index (χ4v) is 4.56. The average Bonchev–Trinajstić information content (AvgIpc) is 3.26. The number of aromatic nitrogens is 1. The highest BCUT2D eigenvalue weighted by Gasteiger charge is 2.41. The van der Waals surface area contributed by atoms with Crippen molar-refractivity contribution in [2.24, 2.45) is 0 Å². The van der Waals surface area contributed by atoms with E-state index in [9.17, 15) is 19.2 Å². The minimum atomic E-state index is -0.749. The molecule has 0 aliphatic carbocycles. The first kappa shape index (κ1) is 20.7. The van der Waals surface area contributed by atoms with Crippen LogP contribution in [-0.4, -0.2) is 52.3 Å². The smallest absolute Gasteiger partial charge is 0.325 e. The molecule has 0 unspecified atom stereocenters. The van der Waals surface area contributed by atoms with Crippen LogP contribution in [0.1, 0.15) is 18.9 Å². The van der Waals surface area contributed by atoms with E-state index in [1.165, 1.54) is 4.90 Å². The predicted molar refractivity (Wildman–Crippen MR) is 123 cm³/mol. The van der Waals surface area contributed by atoms with Crippen LogP contribution in [0.15, 0.2) is 54.7 Å². The molecule has 1 aromatic heterocycles. The largest absolute Gasteiger partial charge is 0.361 e. The molecule has 1 saturated heterocycles. The van der Waals surface area contributed by atoms with Crippen molar-refractivity contribution in [3.05, 3.63) is 60.3 Å². The van der Waals surface area contributed by atoms with Crippen molar-refractivity contribution in [1.82, 2.24) is 15.2 Å². The third-order valence-electron chi connectivity index (χ3n) is 6.13. The van der Waals surface area contributed by atoms with Crippen LogP contribution in [0.2, 0.25) is 0 Å². The van der Waals surface area contributed by atoms with Gasteiger partial charge in [0.25, 0.3) is 5.91 Å². The summed E-state index contributed by atoms with van der Waals surface area (Å²) in [6.45, 7) is 1.37. The van der Waals surface area contributed by atoms with Gasteiger partial charge in [-0.3, -0.25) is 19.3 Å². The van der Waals surface area contributed by atoms with Crippen molar-refractivity contribution in [1.29, 1.82) is 0 Å². The second-order valence-corrected chi connectivity index (χ2v) is 8.37. The van der Waals surface area contributed by atoms with Gasteiger partial charge < -0.3 is 20.5 Å². The molecular weight excluding hydrogens is 422 g/mol. The number of nitrogens with zero attached hydrogens (tertiary/aromatic N) is 2. The number of fused-ring (bicyclic) bond motifs is 2. The molecule has 3 aromatic rings. The third kappa shape index (κ3) is 3.71. The Morgan fingerprint density at radius 2 is 1.82 bits per heavy atom. The lowest BCUT2D eigenvalue weighted by atomic mass is 10.1. The van der Waals surface area contributed by atoms with Crippen LogP contribution in [0.3, 0.4) is 0 Å². The second kappa shape index (κ2) is 8.09. The summed E-state index contributed by atoms with van der Waals surface area (Å²) in [5.74, 6) is -1.06. The summed E-state index contributed by atoms with van der Waals surface area (Å²) in [5.41, 5.74) is 2.93. The van der Waals surface area contributed by atoms with Crippen LogP contribution < -0.4 is 15.5 Å². The maximum Gasteiger partial charge on any atom is 0.325 e. The minimum Gasteiger partial charge on any atom is -0.361 e. The molecule has 5 rings (SSSR count). The quantitative estimate of drug-likeness (QED) is 0.535. The van der Waals surface area contributed by atoms with E-state index < -0.39 is 36.5 Å². The molecule has 2 aromatic carbocycles. The Morgan fingerprint density at radius 3 is 2.67 bits per heavy atom. The first-order valence-electron chi connectivity index (χ1n) is 10.8. The fraction of sp³-hybridized carbons (Fsp3) is 0.250. The number of urea groups is 1. The zero-order valence-corrected chi connectivity index (χ0v) is 18.0. The SMILES string of the molecule is C[C@H]1CC(=O)Nc2ccccc2N1C(=O)CN1C(=O)N[C@@H](Cc2c[nH]c3ccccc23)C1=O. The van der Waals surface area contributed by atoms with Crippen LogP contribution in [0, 0.1) is 0 Å². The van der Waals surface area contributed by atoms with Crippen molar-refractivity contribution in [2.75, 3.05) is 16.8 Å². The zero-order chi connectivity index (χ0) is 23.1. The molecule has 3 heterocycles. The second-order valence-electron chi connectivity index (χ2n) is 8.37. The van der Waals surface area contributed by atoms with Crippen LogP contribution in [0.5, 0.6) is 0 Å². The molecule has 9 nitrogen and oxygen atoms in total. The number of anilines is 2. The molecule has 33 heavy (non-hydrogen) atoms. The van der Waals surface area contributed by atoms with Crippen molar-refractivity contribution < 1.29 is 19.2 Å². The van der Waals surface area contributed by atoms with E-state index in [4.69, 9.17) is 0 Å². The maximum absolute atomic E-state index is 13.3. The number of carbonyl (C=O) groups is 4. The lowest BCUT2D eigenvalue weighted by Crippen LogP contribution is -2.47. The summed E-state index contributed by atoms with van der Waals surface area (Å²) >= 11 is 0. The Morgan fingerprint density at radius 1 is 1.06 bits per heavy atom. The summed E-state index contributed by atoms with van der Waals surface area (Å²) in [6.07, 6.45) is 2.27. The van der Waals surface area contributed by atoms with Crippen molar-refractivity contribution in [3.63, 3.8) is 0 Å². The number of rotatable bonds is 4. The van der Waals surface area contributed by atoms with Gasteiger partial charge in [0.05, 0.1) is 11.4 Å². The van der Waals surface area contributed by atoms with Gasteiger partial charge in [0.2, 0.25) is 11.8 Å². The van der Waals surface area contributed by atoms with E-state index in [1.807, 2.05) is 30.5 Å². The number of aromatic amines is 1. The van der Waals surface area contributed by atoms with Gasteiger partial charge in [-0.2, -0.15) is 0 Å². The monoisotopic (exact) mass is 445 g/mol. The van der Waals surface area contributed by atoms with Gasteiger partial charge >= 0.3 is 6.03 Å². The van der Waals surface area contributed by atoms with Gasteiger partial charge in [0.15, 0.2) is 0 Å². The molecule has 0 radical (unpaired) electrons. The Bertz CT molecular complexity index is 1280. The molecule has 3 N–H and O–H groups in total. The molecule has 1 fully saturated rings. The summed E-state index contributed by atoms with van der Waals surface area (Å²) in [5, 5.41) is 6.49. The van der Waals surface area contributed by atoms with E-state index in [2.05, 4.69) is 15.6 Å². The molecule has 5 amide bonds. The van der Waals surface area contributed by atoms with Crippen LogP contribution >= 0.6 is 0 Å². The first-order chi connectivity index (χ1) is 15.9. The summed E-state index contributed by atoms with van der Waals surface area (Å²) < 4.78 is 0. The first-order valence-corrected chi connectivity index (χ1v) is 10.8. The lowest BCUT2D eigenvalue weighted by molar-refractivity contribution is -0.131. The topological polar surface area (TPSA) is 115 Å². The van der Waals surface area contributed by atoms with E-state index in [0.29, 0.717) is 17.8 Å². The van der Waals surface area contributed by atoms with Crippen molar-refractivity contribution in [3.8, 4) is 0 Å². The van der Waals surface area contributed by atoms with E-state index >= 15 is 0 Å². The minimum absolute atomic E-state index is 0.115. The fourth-order valence-electron chi connectivity index (χ4n) is 4.56. The van der Waals surface area contributed by atoms with Crippen LogP contribution in [0.25, 0.3) is 10.9 Å². The number of imide groups is 1. The van der Waals surface area contributed by atoms with E-state index in [1.54, 1.807) is 31.2 Å². The number of benzene rings is 2. The maximum atomic E-state index is 13.3. The van der Waals surface area contributed by atoms with Gasteiger partial charge in [-0.15, -0.1) is 0 Å². The van der Waals surface area contributed by atoms with Gasteiger partial charge in [0.1, 0.15) is 12.6 Å². The van der Waals surface area contributed by atoms with E-state index in [0.717, 1.165) is 21.4 Å².